The summed E-state index contributed by atoms with van der Waals surface area (Å²) in [6, 6.07) is 5.66. The van der Waals surface area contributed by atoms with Gasteiger partial charge in [-0.1, -0.05) is 18.2 Å². The fourth-order valence-electron chi connectivity index (χ4n) is 2.59. The van der Waals surface area contributed by atoms with Crippen molar-refractivity contribution in [2.45, 2.75) is 19.1 Å². The number of carbonyl (C=O) groups excluding carboxylic acids is 1. The Kier molecular flexibility index (Phi) is 5.81. The number of alkyl halides is 3. The summed E-state index contributed by atoms with van der Waals surface area (Å²) in [4.78, 5) is 13.0. The zero-order chi connectivity index (χ0) is 16.9. The number of nitrogens with zero attached hydrogens (tertiary/aromatic N) is 1. The number of nitrogens with one attached hydrogen (secondary N) is 2. The van der Waals surface area contributed by atoms with Gasteiger partial charge in [-0.15, -0.1) is 0 Å². The Hall–Kier alpha value is -1.83. The zero-order valence-corrected chi connectivity index (χ0v) is 12.5. The smallest absolute Gasteiger partial charge is 0.338 e. The lowest BCUT2D eigenvalue weighted by Crippen LogP contribution is -2.39. The minimum absolute atomic E-state index is 0.00318. The first-order valence-electron chi connectivity index (χ1n) is 7.38. The van der Waals surface area contributed by atoms with E-state index >= 15 is 0 Å². The normalized spacial score (nSPS) is 18.9. The molecule has 0 spiro atoms. The Balaban J connectivity index is 1.66. The zero-order valence-electron chi connectivity index (χ0n) is 12.5. The van der Waals surface area contributed by atoms with Crippen LogP contribution in [-0.4, -0.2) is 43.3 Å². The van der Waals surface area contributed by atoms with Crippen molar-refractivity contribution >= 4 is 6.03 Å². The molecule has 8 heteroatoms. The van der Waals surface area contributed by atoms with Crippen LogP contribution in [0.2, 0.25) is 0 Å². The highest BCUT2D eigenvalue weighted by Gasteiger charge is 2.34. The van der Waals surface area contributed by atoms with Gasteiger partial charge in [-0.05, 0) is 24.9 Å². The van der Waals surface area contributed by atoms with Gasteiger partial charge in [0.15, 0.2) is 0 Å². The fraction of sp³-hybridized carbons (Fsp3) is 0.533. The van der Waals surface area contributed by atoms with Crippen molar-refractivity contribution in [1.82, 2.24) is 15.5 Å². The minimum Gasteiger partial charge on any atom is -0.338 e. The molecular formula is C15H19F4N3O. The predicted molar refractivity (Wildman–Crippen MR) is 77.2 cm³/mol. The molecule has 1 aromatic carbocycles. The molecule has 128 valence electrons. The highest BCUT2D eigenvalue weighted by Crippen LogP contribution is 2.22. The van der Waals surface area contributed by atoms with Crippen molar-refractivity contribution in [3.05, 3.63) is 35.6 Å². The number of hydrogen-bond donors (Lipinski definition) is 2. The molecule has 0 saturated carbocycles. The third-order valence-corrected chi connectivity index (χ3v) is 3.72. The van der Waals surface area contributed by atoms with Gasteiger partial charge in [0.1, 0.15) is 5.82 Å². The molecule has 0 aliphatic carbocycles. The number of halogens is 4. The third-order valence-electron chi connectivity index (χ3n) is 3.72. The van der Waals surface area contributed by atoms with E-state index in [1.165, 1.54) is 11.0 Å². The quantitative estimate of drug-likeness (QED) is 0.813. The Bertz CT molecular complexity index is 536. The van der Waals surface area contributed by atoms with Gasteiger partial charge in [-0.25, -0.2) is 9.18 Å². The van der Waals surface area contributed by atoms with Gasteiger partial charge < -0.3 is 10.6 Å². The lowest BCUT2D eigenvalue weighted by Gasteiger charge is -2.18. The van der Waals surface area contributed by atoms with Crippen LogP contribution in [0.5, 0.6) is 0 Å². The molecule has 1 aliphatic heterocycles. The second kappa shape index (κ2) is 7.63. The van der Waals surface area contributed by atoms with Crippen LogP contribution < -0.4 is 10.6 Å². The van der Waals surface area contributed by atoms with Crippen LogP contribution in [0, 0.1) is 11.7 Å². The summed E-state index contributed by atoms with van der Waals surface area (Å²) in [5.74, 6) is -0.400. The van der Waals surface area contributed by atoms with E-state index in [1.807, 2.05) is 0 Å². The summed E-state index contributed by atoms with van der Waals surface area (Å²) in [7, 11) is 0. The summed E-state index contributed by atoms with van der Waals surface area (Å²) in [5, 5.41) is 5.15. The highest BCUT2D eigenvalue weighted by molar-refractivity contribution is 5.73. The molecule has 0 bridgehead atoms. The predicted octanol–water partition coefficient (Wildman–Crippen LogP) is 2.51. The summed E-state index contributed by atoms with van der Waals surface area (Å²) < 4.78 is 50.3. The number of rotatable bonds is 5. The standard InChI is InChI=1S/C15H19F4N3O/c16-13-4-2-1-3-12(13)8-21-14(23)20-7-11-5-6-22(9-11)10-15(17,18)19/h1-4,11H,5-10H2,(H2,20,21,23). The van der Waals surface area contributed by atoms with E-state index in [0.717, 1.165) is 0 Å². The third kappa shape index (κ3) is 6.05. The Morgan fingerprint density at radius 3 is 2.70 bits per heavy atom. The number of hydrogen-bond acceptors (Lipinski definition) is 2. The summed E-state index contributed by atoms with van der Waals surface area (Å²) in [6.45, 7) is 0.139. The second-order valence-electron chi connectivity index (χ2n) is 5.66. The Morgan fingerprint density at radius 1 is 1.26 bits per heavy atom. The van der Waals surface area contributed by atoms with Gasteiger partial charge in [-0.2, -0.15) is 13.2 Å². The number of amides is 2. The van der Waals surface area contributed by atoms with Gasteiger partial charge in [-0.3, -0.25) is 4.90 Å². The van der Waals surface area contributed by atoms with E-state index in [0.29, 0.717) is 31.6 Å². The topological polar surface area (TPSA) is 44.4 Å². The van der Waals surface area contributed by atoms with Crippen molar-refractivity contribution in [3.8, 4) is 0 Å². The molecule has 1 unspecified atom stereocenters. The SMILES string of the molecule is O=C(NCc1ccccc1F)NCC1CCN(CC(F)(F)F)C1. The molecular weight excluding hydrogens is 314 g/mol. The number of carbonyl (C=O) groups is 1. The van der Waals surface area contributed by atoms with Crippen molar-refractivity contribution in [2.24, 2.45) is 5.92 Å². The molecule has 1 aromatic rings. The molecule has 1 saturated heterocycles. The van der Waals surface area contributed by atoms with Crippen molar-refractivity contribution in [1.29, 1.82) is 0 Å². The van der Waals surface area contributed by atoms with Crippen LogP contribution in [0.3, 0.4) is 0 Å². The van der Waals surface area contributed by atoms with Gasteiger partial charge in [0, 0.05) is 25.2 Å². The molecule has 4 nitrogen and oxygen atoms in total. The molecule has 0 radical (unpaired) electrons. The monoisotopic (exact) mass is 333 g/mol. The summed E-state index contributed by atoms with van der Waals surface area (Å²) in [5.41, 5.74) is 0.375. The van der Waals surface area contributed by atoms with Crippen LogP contribution >= 0.6 is 0 Å². The number of likely N-dealkylation sites (tertiary alicyclic amines) is 1. The molecule has 2 N–H and O–H groups in total. The molecule has 1 aliphatic rings. The van der Waals surface area contributed by atoms with Crippen LogP contribution in [0.25, 0.3) is 0 Å². The highest BCUT2D eigenvalue weighted by atomic mass is 19.4. The first-order chi connectivity index (χ1) is 10.8. The first kappa shape index (κ1) is 17.5. The maximum atomic E-state index is 13.4. The second-order valence-corrected chi connectivity index (χ2v) is 5.66. The van der Waals surface area contributed by atoms with Gasteiger partial charge in [0.2, 0.25) is 0 Å². The van der Waals surface area contributed by atoms with Crippen molar-refractivity contribution < 1.29 is 22.4 Å². The van der Waals surface area contributed by atoms with Crippen LogP contribution in [0.15, 0.2) is 24.3 Å². The summed E-state index contributed by atoms with van der Waals surface area (Å²) in [6.07, 6.45) is -3.58. The van der Waals surface area contributed by atoms with Gasteiger partial charge >= 0.3 is 12.2 Å². The number of urea groups is 1. The molecule has 0 aromatic heterocycles. The van der Waals surface area contributed by atoms with Crippen molar-refractivity contribution in [3.63, 3.8) is 0 Å². The molecule has 23 heavy (non-hydrogen) atoms. The van der Waals surface area contributed by atoms with Crippen molar-refractivity contribution in [2.75, 3.05) is 26.2 Å². The van der Waals surface area contributed by atoms with E-state index in [-0.39, 0.29) is 12.5 Å². The molecule has 1 fully saturated rings. The molecule has 2 amide bonds. The van der Waals surface area contributed by atoms with Gasteiger partial charge in [0.25, 0.3) is 0 Å². The van der Waals surface area contributed by atoms with Crippen LogP contribution in [0.4, 0.5) is 22.4 Å². The van der Waals surface area contributed by atoms with E-state index in [9.17, 15) is 22.4 Å². The Morgan fingerprint density at radius 2 is 2.00 bits per heavy atom. The summed E-state index contributed by atoms with van der Waals surface area (Å²) >= 11 is 0. The minimum atomic E-state index is -4.19. The van der Waals surface area contributed by atoms with Gasteiger partial charge in [0.05, 0.1) is 6.54 Å². The first-order valence-corrected chi connectivity index (χ1v) is 7.38. The average Bonchev–Trinajstić information content (AvgIpc) is 2.89. The number of benzene rings is 1. The van der Waals surface area contributed by atoms with E-state index in [2.05, 4.69) is 10.6 Å². The molecule has 1 atom stereocenters. The largest absolute Gasteiger partial charge is 0.401 e. The lowest BCUT2D eigenvalue weighted by atomic mass is 10.1. The van der Waals surface area contributed by atoms with E-state index in [4.69, 9.17) is 0 Å². The maximum Gasteiger partial charge on any atom is 0.401 e. The van der Waals surface area contributed by atoms with E-state index in [1.54, 1.807) is 18.2 Å². The molecule has 1 heterocycles. The van der Waals surface area contributed by atoms with Crippen LogP contribution in [0.1, 0.15) is 12.0 Å². The maximum absolute atomic E-state index is 13.4. The molecule has 2 rings (SSSR count). The van der Waals surface area contributed by atoms with E-state index < -0.39 is 24.6 Å². The Labute approximate surface area is 131 Å². The van der Waals surface area contributed by atoms with Crippen LogP contribution in [-0.2, 0) is 6.54 Å². The lowest BCUT2D eigenvalue weighted by molar-refractivity contribution is -0.143. The fourth-order valence-corrected chi connectivity index (χ4v) is 2.59. The average molecular weight is 333 g/mol.